The first-order valence-electron chi connectivity index (χ1n) is 5.10. The largest absolute Gasteiger partial charge is 0.235 e. The molecule has 0 amide bonds. The molecule has 15 heavy (non-hydrogen) atoms. The van der Waals surface area contributed by atoms with Crippen LogP contribution in [0.15, 0.2) is 34.1 Å². The van der Waals surface area contributed by atoms with Crippen LogP contribution in [0.4, 0.5) is 0 Å². The van der Waals surface area contributed by atoms with E-state index in [1.54, 1.807) is 12.1 Å². The van der Waals surface area contributed by atoms with Gasteiger partial charge in [-0.15, -0.1) is 11.8 Å². The highest BCUT2D eigenvalue weighted by molar-refractivity contribution is 8.00. The number of thiol groups is 1. The molecule has 0 aromatic heterocycles. The number of hydrogen-bond acceptors (Lipinski definition) is 2. The third-order valence-corrected chi connectivity index (χ3v) is 4.56. The molecule has 0 fully saturated rings. The maximum absolute atomic E-state index is 10.8. The lowest BCUT2D eigenvalue weighted by Crippen LogP contribution is -1.97. The van der Waals surface area contributed by atoms with Crippen molar-refractivity contribution in [2.75, 3.05) is 0 Å². The van der Waals surface area contributed by atoms with Crippen LogP contribution in [0.3, 0.4) is 0 Å². The zero-order valence-electron chi connectivity index (χ0n) is 9.01. The van der Waals surface area contributed by atoms with Gasteiger partial charge < -0.3 is 0 Å². The maximum atomic E-state index is 10.8. The van der Waals surface area contributed by atoms with Gasteiger partial charge in [0.15, 0.2) is 4.90 Å². The van der Waals surface area contributed by atoms with E-state index >= 15 is 0 Å². The fraction of sp³-hybridized carbons (Fsp3) is 0.455. The van der Waals surface area contributed by atoms with Crippen LogP contribution < -0.4 is 0 Å². The summed E-state index contributed by atoms with van der Waals surface area (Å²) in [6.45, 7) is 4.36. The Hall–Kier alpha value is -0.320. The molecule has 4 heteroatoms. The lowest BCUT2D eigenvalue weighted by atomic mass is 10.3. The molecule has 0 bridgehead atoms. The van der Waals surface area contributed by atoms with Gasteiger partial charge in [-0.1, -0.05) is 18.1 Å². The summed E-state index contributed by atoms with van der Waals surface area (Å²) in [7, 11) is 0. The molecule has 1 rings (SSSR count). The second-order valence-corrected chi connectivity index (χ2v) is 5.76. The monoisotopic (exact) mass is 245 g/mol. The van der Waals surface area contributed by atoms with E-state index in [4.69, 9.17) is 4.55 Å². The zero-order valence-corrected chi connectivity index (χ0v) is 10.7. The number of hydrogen-bond donors (Lipinski definition) is 1. The molecule has 0 saturated carbocycles. The first kappa shape index (κ1) is 12.7. The number of rotatable bonds is 5. The van der Waals surface area contributed by atoms with E-state index < -0.39 is 11.1 Å². The van der Waals surface area contributed by atoms with Crippen molar-refractivity contribution >= 4 is 22.8 Å². The first-order chi connectivity index (χ1) is 7.17. The Balaban J connectivity index is 2.67. The topological polar surface area (TPSA) is 37.3 Å². The highest BCUT2D eigenvalue weighted by Crippen LogP contribution is 2.27. The minimum absolute atomic E-state index is 0.499. The van der Waals surface area contributed by atoms with Crippen LogP contribution in [0, 0.1) is 0 Å². The zero-order chi connectivity index (χ0) is 11.3. The van der Waals surface area contributed by atoms with Gasteiger partial charge in [0.05, 0.1) is 0 Å². The smallest absolute Gasteiger partial charge is 0.184 e. The first-order valence-corrected chi connectivity index (χ1v) is 7.19. The van der Waals surface area contributed by atoms with Crippen LogP contribution in [0.5, 0.6) is 0 Å². The third kappa shape index (κ3) is 3.97. The van der Waals surface area contributed by atoms with Gasteiger partial charge in [0, 0.05) is 10.1 Å². The van der Waals surface area contributed by atoms with E-state index in [2.05, 4.69) is 13.8 Å². The Labute approximate surface area is 97.8 Å². The molecular weight excluding hydrogens is 228 g/mol. The quantitative estimate of drug-likeness (QED) is 0.490. The number of benzene rings is 1. The average molecular weight is 245 g/mol. The van der Waals surface area contributed by atoms with Crippen molar-refractivity contribution < 1.29 is 8.76 Å². The summed E-state index contributed by atoms with van der Waals surface area (Å²) < 4.78 is 19.7. The Bertz CT molecular complexity index is 318. The normalized spacial score (nSPS) is 13.1. The van der Waals surface area contributed by atoms with Crippen LogP contribution in [-0.2, 0) is 15.3 Å². The van der Waals surface area contributed by atoms with Crippen molar-refractivity contribution in [2.24, 2.45) is 0 Å². The van der Waals surface area contributed by atoms with E-state index in [1.807, 2.05) is 23.9 Å². The molecule has 0 aliphatic carbocycles. The SMILES string of the molecule is CCC(CC)Sc1ccc([SH+](=O)O)cc1. The second-order valence-electron chi connectivity index (χ2n) is 3.32. The predicted molar refractivity (Wildman–Crippen MR) is 67.0 cm³/mol. The molecule has 0 heterocycles. The third-order valence-electron chi connectivity index (χ3n) is 2.27. The molecule has 1 N–H and O–H groups in total. The van der Waals surface area contributed by atoms with Gasteiger partial charge in [-0.2, -0.15) is 4.55 Å². The average Bonchev–Trinajstić information content (AvgIpc) is 2.26. The van der Waals surface area contributed by atoms with Gasteiger partial charge in [-0.3, -0.25) is 0 Å². The Kier molecular flexibility index (Phi) is 5.36. The van der Waals surface area contributed by atoms with Gasteiger partial charge in [-0.05, 0) is 37.1 Å². The summed E-state index contributed by atoms with van der Waals surface area (Å²) in [6.07, 6.45) is 2.30. The van der Waals surface area contributed by atoms with Crippen LogP contribution in [0.2, 0.25) is 0 Å². The molecule has 2 nitrogen and oxygen atoms in total. The molecule has 1 aromatic rings. The highest BCUT2D eigenvalue weighted by atomic mass is 32.2. The molecule has 0 aliphatic rings. The van der Waals surface area contributed by atoms with E-state index in [0.717, 1.165) is 12.8 Å². The lowest BCUT2D eigenvalue weighted by molar-refractivity contribution is 0.519. The van der Waals surface area contributed by atoms with Crippen molar-refractivity contribution in [3.8, 4) is 0 Å². The van der Waals surface area contributed by atoms with Gasteiger partial charge >= 0.3 is 0 Å². The highest BCUT2D eigenvalue weighted by Gasteiger charge is 2.08. The molecule has 1 unspecified atom stereocenters. The fourth-order valence-corrected chi connectivity index (χ4v) is 2.72. The summed E-state index contributed by atoms with van der Waals surface area (Å²) >= 11 is -0.362. The Morgan fingerprint density at radius 1 is 1.27 bits per heavy atom. The fourth-order valence-electron chi connectivity index (χ4n) is 1.30. The van der Waals surface area contributed by atoms with Crippen molar-refractivity contribution in [3.05, 3.63) is 24.3 Å². The van der Waals surface area contributed by atoms with Crippen LogP contribution in [-0.4, -0.2) is 9.80 Å². The summed E-state index contributed by atoms with van der Waals surface area (Å²) in [4.78, 5) is 1.67. The predicted octanol–water partition coefficient (Wildman–Crippen LogP) is 3.50. The maximum Gasteiger partial charge on any atom is 0.235 e. The van der Waals surface area contributed by atoms with E-state index in [1.165, 1.54) is 4.90 Å². The molecule has 1 atom stereocenters. The van der Waals surface area contributed by atoms with Crippen LogP contribution >= 0.6 is 11.8 Å². The molecule has 0 radical (unpaired) electrons. The second kappa shape index (κ2) is 6.30. The number of thioether (sulfide) groups is 1. The van der Waals surface area contributed by atoms with Gasteiger partial charge in [0.1, 0.15) is 0 Å². The van der Waals surface area contributed by atoms with E-state index in [0.29, 0.717) is 10.1 Å². The summed E-state index contributed by atoms with van der Waals surface area (Å²) in [5.41, 5.74) is 0. The van der Waals surface area contributed by atoms with Crippen molar-refractivity contribution in [3.63, 3.8) is 0 Å². The van der Waals surface area contributed by atoms with Gasteiger partial charge in [0.2, 0.25) is 11.1 Å². The molecule has 0 aliphatic heterocycles. The molecule has 1 aromatic carbocycles. The molecular formula is C11H17O2S2+. The Morgan fingerprint density at radius 2 is 1.80 bits per heavy atom. The minimum atomic E-state index is -2.19. The standard InChI is InChI=1S/C11H16O2S2/c1-3-9(4-2)14-10-5-7-11(8-6-10)15(12)13/h5-9H,3-4H2,1-2H3,(H,12,13)/p+1. The molecule has 0 spiro atoms. The molecule has 84 valence electrons. The minimum Gasteiger partial charge on any atom is -0.184 e. The van der Waals surface area contributed by atoms with Crippen molar-refractivity contribution in [1.29, 1.82) is 0 Å². The van der Waals surface area contributed by atoms with Gasteiger partial charge in [0.25, 0.3) is 0 Å². The Morgan fingerprint density at radius 3 is 2.20 bits per heavy atom. The molecule has 0 saturated heterocycles. The van der Waals surface area contributed by atoms with Crippen LogP contribution in [0.1, 0.15) is 26.7 Å². The van der Waals surface area contributed by atoms with E-state index in [9.17, 15) is 4.21 Å². The lowest BCUT2D eigenvalue weighted by Gasteiger charge is -2.11. The van der Waals surface area contributed by atoms with E-state index in [-0.39, 0.29) is 0 Å². The van der Waals surface area contributed by atoms with Gasteiger partial charge in [-0.25, -0.2) is 0 Å². The summed E-state index contributed by atoms with van der Waals surface area (Å²) in [5, 5.41) is 0.638. The van der Waals surface area contributed by atoms with Crippen LogP contribution in [0.25, 0.3) is 0 Å². The van der Waals surface area contributed by atoms with Crippen molar-refractivity contribution in [2.45, 2.75) is 41.7 Å². The van der Waals surface area contributed by atoms with Crippen molar-refractivity contribution in [1.82, 2.24) is 0 Å². The summed E-state index contributed by atoms with van der Waals surface area (Å²) in [5.74, 6) is 0. The summed E-state index contributed by atoms with van der Waals surface area (Å²) in [6, 6.07) is 7.29.